The molecule has 1 aromatic heterocycles. The molecule has 2 aromatic rings. The smallest absolute Gasteiger partial charge is 0.282 e. The van der Waals surface area contributed by atoms with Gasteiger partial charge in [-0.05, 0) is 25.5 Å². The maximum absolute atomic E-state index is 12.8. The minimum Gasteiger partial charge on any atom is -0.298 e. The van der Waals surface area contributed by atoms with E-state index in [1.54, 1.807) is 6.07 Å². The van der Waals surface area contributed by atoms with Crippen LogP contribution in [0.4, 0.5) is 8.78 Å². The van der Waals surface area contributed by atoms with Crippen molar-refractivity contribution in [1.82, 2.24) is 9.78 Å². The Kier molecular flexibility index (Phi) is 3.66. The molecule has 3 nitrogen and oxygen atoms in total. The van der Waals surface area contributed by atoms with Crippen LogP contribution in [0.1, 0.15) is 33.6 Å². The zero-order valence-corrected chi connectivity index (χ0v) is 11.1. The van der Waals surface area contributed by atoms with Crippen LogP contribution in [0, 0.1) is 13.8 Å². The van der Waals surface area contributed by atoms with Crippen LogP contribution in [-0.2, 0) is 0 Å². The van der Waals surface area contributed by atoms with Crippen LogP contribution >= 0.6 is 11.6 Å². The second-order valence-electron chi connectivity index (χ2n) is 4.21. The van der Waals surface area contributed by atoms with E-state index >= 15 is 0 Å². The molecule has 0 saturated carbocycles. The van der Waals surface area contributed by atoms with E-state index in [0.717, 1.165) is 11.1 Å². The number of benzene rings is 1. The monoisotopic (exact) mass is 284 g/mol. The van der Waals surface area contributed by atoms with Crippen LogP contribution < -0.4 is 0 Å². The number of hydrogen-bond donors (Lipinski definition) is 0. The topological polar surface area (TPSA) is 34.9 Å². The zero-order chi connectivity index (χ0) is 14.2. The van der Waals surface area contributed by atoms with Crippen molar-refractivity contribution in [3.05, 3.63) is 45.7 Å². The number of carbonyl (C=O) groups is 1. The number of carbonyl (C=O) groups excluding carboxylic acids is 1. The summed E-state index contributed by atoms with van der Waals surface area (Å²) >= 11 is 5.96. The number of aromatic nitrogens is 2. The van der Waals surface area contributed by atoms with Crippen LogP contribution in [-0.4, -0.2) is 16.1 Å². The zero-order valence-electron chi connectivity index (χ0n) is 10.3. The van der Waals surface area contributed by atoms with E-state index in [9.17, 15) is 13.6 Å². The SMILES string of the molecule is Cc1ccc(-n2nc(C(F)F)c(C=O)c2Cl)c(C)c1. The van der Waals surface area contributed by atoms with Gasteiger partial charge in [-0.1, -0.05) is 29.3 Å². The molecule has 0 fully saturated rings. The minimum atomic E-state index is -2.84. The summed E-state index contributed by atoms with van der Waals surface area (Å²) in [5.41, 5.74) is 1.58. The van der Waals surface area contributed by atoms with Gasteiger partial charge in [0.25, 0.3) is 6.43 Å². The van der Waals surface area contributed by atoms with Gasteiger partial charge in [-0.25, -0.2) is 13.5 Å². The highest BCUT2D eigenvalue weighted by molar-refractivity contribution is 6.32. The quantitative estimate of drug-likeness (QED) is 0.801. The summed E-state index contributed by atoms with van der Waals surface area (Å²) in [6, 6.07) is 5.44. The van der Waals surface area contributed by atoms with Gasteiger partial charge in [-0.3, -0.25) is 4.79 Å². The van der Waals surface area contributed by atoms with Crippen molar-refractivity contribution in [2.24, 2.45) is 0 Å². The van der Waals surface area contributed by atoms with Crippen LogP contribution in [0.5, 0.6) is 0 Å². The molecule has 2 rings (SSSR count). The number of halogens is 3. The first-order valence-electron chi connectivity index (χ1n) is 5.55. The highest BCUT2D eigenvalue weighted by Crippen LogP contribution is 2.29. The highest BCUT2D eigenvalue weighted by Gasteiger charge is 2.23. The van der Waals surface area contributed by atoms with Crippen molar-refractivity contribution in [1.29, 1.82) is 0 Å². The van der Waals surface area contributed by atoms with E-state index in [1.165, 1.54) is 4.68 Å². The van der Waals surface area contributed by atoms with E-state index < -0.39 is 12.1 Å². The first-order valence-corrected chi connectivity index (χ1v) is 5.93. The first-order chi connectivity index (χ1) is 8.95. The first kappa shape index (κ1) is 13.7. The summed E-state index contributed by atoms with van der Waals surface area (Å²) < 4.78 is 26.8. The molecule has 100 valence electrons. The van der Waals surface area contributed by atoms with Crippen molar-refractivity contribution in [2.45, 2.75) is 20.3 Å². The standard InChI is InChI=1S/C13H11ClF2N2O/c1-7-3-4-10(8(2)5-7)18-12(14)9(6-19)11(17-18)13(15)16/h3-6,13H,1-2H3. The molecular formula is C13H11ClF2N2O. The van der Waals surface area contributed by atoms with Crippen molar-refractivity contribution < 1.29 is 13.6 Å². The Labute approximate surface area is 113 Å². The van der Waals surface area contributed by atoms with Gasteiger partial charge >= 0.3 is 0 Å². The van der Waals surface area contributed by atoms with Crippen LogP contribution in [0.2, 0.25) is 5.15 Å². The van der Waals surface area contributed by atoms with Gasteiger partial charge in [0.05, 0.1) is 11.3 Å². The second kappa shape index (κ2) is 5.09. The van der Waals surface area contributed by atoms with Gasteiger partial charge < -0.3 is 0 Å². The van der Waals surface area contributed by atoms with Crippen molar-refractivity contribution >= 4 is 17.9 Å². The summed E-state index contributed by atoms with van der Waals surface area (Å²) in [5, 5.41) is 3.64. The van der Waals surface area contributed by atoms with Crippen molar-refractivity contribution in [2.75, 3.05) is 0 Å². The molecule has 6 heteroatoms. The number of alkyl halides is 2. The van der Waals surface area contributed by atoms with E-state index in [1.807, 2.05) is 26.0 Å². The molecule has 19 heavy (non-hydrogen) atoms. The fraction of sp³-hybridized carbons (Fsp3) is 0.231. The van der Waals surface area contributed by atoms with Crippen LogP contribution in [0.15, 0.2) is 18.2 Å². The summed E-state index contributed by atoms with van der Waals surface area (Å²) in [4.78, 5) is 10.9. The Morgan fingerprint density at radius 1 is 1.37 bits per heavy atom. The Morgan fingerprint density at radius 3 is 2.53 bits per heavy atom. The normalized spacial score (nSPS) is 11.1. The molecule has 1 heterocycles. The average Bonchev–Trinajstić information content (AvgIpc) is 2.66. The largest absolute Gasteiger partial charge is 0.298 e. The maximum Gasteiger partial charge on any atom is 0.282 e. The van der Waals surface area contributed by atoms with Gasteiger partial charge in [-0.15, -0.1) is 0 Å². The molecule has 0 spiro atoms. The predicted molar refractivity (Wildman–Crippen MR) is 68.4 cm³/mol. The van der Waals surface area contributed by atoms with E-state index in [2.05, 4.69) is 5.10 Å². The molecule has 0 aliphatic carbocycles. The van der Waals surface area contributed by atoms with Crippen molar-refractivity contribution in [3.63, 3.8) is 0 Å². The lowest BCUT2D eigenvalue weighted by molar-refractivity contribution is 0.110. The summed E-state index contributed by atoms with van der Waals surface area (Å²) in [7, 11) is 0. The lowest BCUT2D eigenvalue weighted by Crippen LogP contribution is -2.00. The van der Waals surface area contributed by atoms with E-state index in [-0.39, 0.29) is 10.7 Å². The Bertz CT molecular complexity index is 638. The minimum absolute atomic E-state index is 0.0998. The van der Waals surface area contributed by atoms with Crippen molar-refractivity contribution in [3.8, 4) is 5.69 Å². The molecule has 0 saturated heterocycles. The number of aldehydes is 1. The number of hydrogen-bond acceptors (Lipinski definition) is 2. The van der Waals surface area contributed by atoms with E-state index in [0.29, 0.717) is 12.0 Å². The summed E-state index contributed by atoms with van der Waals surface area (Å²) in [6.45, 7) is 3.74. The second-order valence-corrected chi connectivity index (χ2v) is 4.57. The average molecular weight is 285 g/mol. The van der Waals surface area contributed by atoms with Gasteiger partial charge in [0, 0.05) is 0 Å². The maximum atomic E-state index is 12.8. The molecule has 0 radical (unpaired) electrons. The number of aryl methyl sites for hydroxylation is 2. The third-order valence-corrected chi connectivity index (χ3v) is 3.16. The van der Waals surface area contributed by atoms with Gasteiger partial charge in [0.2, 0.25) is 0 Å². The highest BCUT2D eigenvalue weighted by atomic mass is 35.5. The molecule has 0 aliphatic rings. The van der Waals surface area contributed by atoms with Gasteiger partial charge in [-0.2, -0.15) is 5.10 Å². The molecule has 0 atom stereocenters. The molecular weight excluding hydrogens is 274 g/mol. The van der Waals surface area contributed by atoms with Crippen LogP contribution in [0.3, 0.4) is 0 Å². The fourth-order valence-corrected chi connectivity index (χ4v) is 2.17. The summed E-state index contributed by atoms with van der Waals surface area (Å²) in [5.74, 6) is 0. The molecule has 0 bridgehead atoms. The predicted octanol–water partition coefficient (Wildman–Crippen LogP) is 3.89. The third kappa shape index (κ3) is 2.38. The van der Waals surface area contributed by atoms with Gasteiger partial charge in [0.15, 0.2) is 6.29 Å². The Balaban J connectivity index is 2.66. The Morgan fingerprint density at radius 2 is 2.05 bits per heavy atom. The summed E-state index contributed by atoms with van der Waals surface area (Å²) in [6.07, 6.45) is -2.54. The fourth-order valence-electron chi connectivity index (χ4n) is 1.90. The Hall–Kier alpha value is -1.75. The molecule has 0 N–H and O–H groups in total. The number of nitrogens with zero attached hydrogens (tertiary/aromatic N) is 2. The van der Waals surface area contributed by atoms with E-state index in [4.69, 9.17) is 11.6 Å². The molecule has 0 amide bonds. The van der Waals surface area contributed by atoms with Gasteiger partial charge in [0.1, 0.15) is 10.8 Å². The lowest BCUT2D eigenvalue weighted by atomic mass is 10.1. The third-order valence-electron chi connectivity index (χ3n) is 2.80. The molecule has 0 aliphatic heterocycles. The molecule has 1 aromatic carbocycles. The van der Waals surface area contributed by atoms with Crippen LogP contribution in [0.25, 0.3) is 5.69 Å². The lowest BCUT2D eigenvalue weighted by Gasteiger charge is -2.07. The number of rotatable bonds is 3. The molecule has 0 unspecified atom stereocenters.